The molecule has 3 aromatic carbocycles. The maximum Gasteiger partial charge on any atom is 0.133 e. The van der Waals surface area contributed by atoms with Crippen LogP contribution in [0.25, 0.3) is 16.9 Å². The molecule has 0 amide bonds. The van der Waals surface area contributed by atoms with Crippen LogP contribution in [0.3, 0.4) is 0 Å². The zero-order valence-corrected chi connectivity index (χ0v) is 17.5. The Morgan fingerprint density at radius 2 is 1.63 bits per heavy atom. The molecule has 0 fully saturated rings. The third-order valence-corrected chi connectivity index (χ3v) is 5.17. The Bertz CT molecular complexity index is 1120. The second-order valence-corrected chi connectivity index (χ2v) is 7.39. The molecular formula is C24H21ClFN3O. The highest BCUT2D eigenvalue weighted by Gasteiger charge is 2.14. The molecule has 0 radical (unpaired) electrons. The minimum Gasteiger partial charge on any atom is -0.497 e. The molecule has 0 atom stereocenters. The lowest BCUT2D eigenvalue weighted by Crippen LogP contribution is -2.19. The standard InChI is InChI=1S/C24H21ClFN3O/c1-28(20-11-7-19(26)8-12-20)16-24-27-23(17-3-13-22(30-2)14-4-17)15-29(24)21-9-5-18(25)6-10-21/h3-15H,16H2,1-2H3. The van der Waals surface area contributed by atoms with Crippen molar-refractivity contribution >= 4 is 17.3 Å². The monoisotopic (exact) mass is 421 g/mol. The number of benzene rings is 3. The second-order valence-electron chi connectivity index (χ2n) is 6.95. The Kier molecular flexibility index (Phi) is 5.72. The Balaban J connectivity index is 1.71. The van der Waals surface area contributed by atoms with Crippen molar-refractivity contribution in [2.45, 2.75) is 6.54 Å². The van der Waals surface area contributed by atoms with E-state index >= 15 is 0 Å². The molecule has 0 saturated carbocycles. The number of rotatable bonds is 6. The number of methoxy groups -OCH3 is 1. The molecule has 6 heteroatoms. The van der Waals surface area contributed by atoms with Crippen molar-refractivity contribution in [1.29, 1.82) is 0 Å². The molecule has 0 aliphatic carbocycles. The highest BCUT2D eigenvalue weighted by Crippen LogP contribution is 2.26. The predicted molar refractivity (Wildman–Crippen MR) is 119 cm³/mol. The molecule has 0 aliphatic rings. The number of ether oxygens (including phenoxy) is 1. The Labute approximate surface area is 180 Å². The molecule has 0 spiro atoms. The van der Waals surface area contributed by atoms with Crippen LogP contribution in [0, 0.1) is 5.82 Å². The third-order valence-electron chi connectivity index (χ3n) is 4.92. The van der Waals surface area contributed by atoms with Gasteiger partial charge in [0.05, 0.1) is 19.3 Å². The summed E-state index contributed by atoms with van der Waals surface area (Å²) in [6.07, 6.45) is 2.01. The Morgan fingerprint density at radius 1 is 0.967 bits per heavy atom. The van der Waals surface area contributed by atoms with E-state index in [-0.39, 0.29) is 5.82 Å². The van der Waals surface area contributed by atoms with Crippen molar-refractivity contribution in [3.63, 3.8) is 0 Å². The summed E-state index contributed by atoms with van der Waals surface area (Å²) < 4.78 is 20.6. The Hall–Kier alpha value is -3.31. The fraction of sp³-hybridized carbons (Fsp3) is 0.125. The fourth-order valence-electron chi connectivity index (χ4n) is 3.26. The first-order valence-electron chi connectivity index (χ1n) is 9.49. The van der Waals surface area contributed by atoms with Crippen molar-refractivity contribution in [3.8, 4) is 22.7 Å². The van der Waals surface area contributed by atoms with Crippen LogP contribution in [-0.2, 0) is 6.54 Å². The lowest BCUT2D eigenvalue weighted by molar-refractivity contribution is 0.415. The van der Waals surface area contributed by atoms with Crippen molar-refractivity contribution < 1.29 is 9.13 Å². The van der Waals surface area contributed by atoms with Gasteiger partial charge in [-0.05, 0) is 72.8 Å². The predicted octanol–water partition coefficient (Wildman–Crippen LogP) is 5.98. The maximum absolute atomic E-state index is 13.3. The zero-order valence-electron chi connectivity index (χ0n) is 16.7. The summed E-state index contributed by atoms with van der Waals surface area (Å²) in [4.78, 5) is 6.92. The van der Waals surface area contributed by atoms with Gasteiger partial charge in [0.1, 0.15) is 17.4 Å². The average Bonchev–Trinajstić information content (AvgIpc) is 3.18. The van der Waals surface area contributed by atoms with Gasteiger partial charge in [-0.3, -0.25) is 0 Å². The number of anilines is 1. The van der Waals surface area contributed by atoms with Gasteiger partial charge >= 0.3 is 0 Å². The summed E-state index contributed by atoms with van der Waals surface area (Å²) in [7, 11) is 3.61. The molecular weight excluding hydrogens is 401 g/mol. The van der Waals surface area contributed by atoms with Crippen LogP contribution >= 0.6 is 11.6 Å². The first kappa shape index (κ1) is 20.0. The summed E-state index contributed by atoms with van der Waals surface area (Å²) in [5.41, 5.74) is 3.73. The summed E-state index contributed by atoms with van der Waals surface area (Å²) in [5.74, 6) is 1.40. The molecule has 0 N–H and O–H groups in total. The quantitative estimate of drug-likeness (QED) is 0.384. The summed E-state index contributed by atoms with van der Waals surface area (Å²) in [6, 6.07) is 21.9. The second kappa shape index (κ2) is 8.59. The molecule has 0 unspecified atom stereocenters. The number of aromatic nitrogens is 2. The molecule has 0 aliphatic heterocycles. The van der Waals surface area contributed by atoms with Gasteiger partial charge in [-0.15, -0.1) is 0 Å². The minimum atomic E-state index is -0.253. The largest absolute Gasteiger partial charge is 0.497 e. The van der Waals surface area contributed by atoms with Crippen molar-refractivity contribution in [2.24, 2.45) is 0 Å². The van der Waals surface area contributed by atoms with Crippen LogP contribution in [0.4, 0.5) is 10.1 Å². The summed E-state index contributed by atoms with van der Waals surface area (Å²) in [6.45, 7) is 0.546. The van der Waals surface area contributed by atoms with Gasteiger partial charge in [-0.25, -0.2) is 9.37 Å². The lowest BCUT2D eigenvalue weighted by atomic mass is 10.1. The van der Waals surface area contributed by atoms with E-state index in [9.17, 15) is 4.39 Å². The third kappa shape index (κ3) is 4.31. The van der Waals surface area contributed by atoms with Crippen molar-refractivity contribution in [3.05, 3.63) is 95.7 Å². The highest BCUT2D eigenvalue weighted by molar-refractivity contribution is 6.30. The first-order valence-corrected chi connectivity index (χ1v) is 9.86. The number of hydrogen-bond donors (Lipinski definition) is 0. The average molecular weight is 422 g/mol. The number of nitrogens with zero attached hydrogens (tertiary/aromatic N) is 3. The lowest BCUT2D eigenvalue weighted by Gasteiger charge is -2.19. The topological polar surface area (TPSA) is 30.3 Å². The normalized spacial score (nSPS) is 10.8. The first-order chi connectivity index (χ1) is 14.5. The SMILES string of the molecule is COc1ccc(-c2cn(-c3ccc(Cl)cc3)c(CN(C)c3ccc(F)cc3)n2)cc1. The van der Waals surface area contributed by atoms with E-state index in [1.165, 1.54) is 12.1 Å². The zero-order chi connectivity index (χ0) is 21.1. The van der Waals surface area contributed by atoms with Crippen LogP contribution in [0.15, 0.2) is 79.0 Å². The summed E-state index contributed by atoms with van der Waals surface area (Å²) >= 11 is 6.07. The van der Waals surface area contributed by atoms with Crippen LogP contribution in [-0.4, -0.2) is 23.7 Å². The van der Waals surface area contributed by atoms with Gasteiger partial charge in [0.25, 0.3) is 0 Å². The molecule has 152 valence electrons. The number of halogens is 2. The molecule has 0 bridgehead atoms. The minimum absolute atomic E-state index is 0.253. The van der Waals surface area contributed by atoms with Crippen LogP contribution in [0.1, 0.15) is 5.82 Å². The van der Waals surface area contributed by atoms with E-state index in [2.05, 4.69) is 4.57 Å². The molecule has 30 heavy (non-hydrogen) atoms. The smallest absolute Gasteiger partial charge is 0.133 e. The van der Waals surface area contributed by atoms with Gasteiger partial charge in [0.15, 0.2) is 0 Å². The molecule has 1 aromatic heterocycles. The fourth-order valence-corrected chi connectivity index (χ4v) is 3.38. The van der Waals surface area contributed by atoms with Gasteiger partial charge in [-0.1, -0.05) is 11.6 Å². The van der Waals surface area contributed by atoms with E-state index in [1.54, 1.807) is 19.2 Å². The number of imidazole rings is 1. The van der Waals surface area contributed by atoms with Crippen molar-refractivity contribution in [1.82, 2.24) is 9.55 Å². The maximum atomic E-state index is 13.3. The molecule has 4 rings (SSSR count). The van der Waals surface area contributed by atoms with E-state index in [0.717, 1.165) is 34.2 Å². The molecule has 1 heterocycles. The van der Waals surface area contributed by atoms with E-state index in [0.29, 0.717) is 11.6 Å². The summed E-state index contributed by atoms with van der Waals surface area (Å²) in [5, 5.41) is 0.680. The van der Waals surface area contributed by atoms with Gasteiger partial charge in [0, 0.05) is 35.2 Å². The van der Waals surface area contributed by atoms with Crippen LogP contribution < -0.4 is 9.64 Å². The van der Waals surface area contributed by atoms with Crippen LogP contribution in [0.2, 0.25) is 5.02 Å². The molecule has 4 aromatic rings. The van der Waals surface area contributed by atoms with Crippen LogP contribution in [0.5, 0.6) is 5.75 Å². The van der Waals surface area contributed by atoms with E-state index in [4.69, 9.17) is 21.3 Å². The molecule has 0 saturated heterocycles. The van der Waals surface area contributed by atoms with E-state index in [1.807, 2.05) is 66.7 Å². The van der Waals surface area contributed by atoms with Gasteiger partial charge in [0.2, 0.25) is 0 Å². The number of hydrogen-bond acceptors (Lipinski definition) is 3. The van der Waals surface area contributed by atoms with Gasteiger partial charge < -0.3 is 14.2 Å². The Morgan fingerprint density at radius 3 is 2.27 bits per heavy atom. The van der Waals surface area contributed by atoms with E-state index < -0.39 is 0 Å². The molecule has 4 nitrogen and oxygen atoms in total. The van der Waals surface area contributed by atoms with Gasteiger partial charge in [-0.2, -0.15) is 0 Å². The van der Waals surface area contributed by atoms with Crippen molar-refractivity contribution in [2.75, 3.05) is 19.1 Å². The highest BCUT2D eigenvalue weighted by atomic mass is 35.5.